The summed E-state index contributed by atoms with van der Waals surface area (Å²) < 4.78 is 38.3. The number of carbonyl (C=O) groups excluding carboxylic acids is 1. The average molecular weight is 468 g/mol. The lowest BCUT2D eigenvalue weighted by Crippen LogP contribution is -2.48. The maximum atomic E-state index is 13.6. The highest BCUT2D eigenvalue weighted by atomic mass is 19.4. The molecule has 174 valence electrons. The molecule has 1 aromatic carbocycles. The van der Waals surface area contributed by atoms with Gasteiger partial charge in [0, 0.05) is 25.5 Å². The molecule has 1 aliphatic heterocycles. The van der Waals surface area contributed by atoms with E-state index in [2.05, 4.69) is 32.1 Å². The first-order valence-electron chi connectivity index (χ1n) is 10.3. The van der Waals surface area contributed by atoms with Crippen molar-refractivity contribution in [2.45, 2.75) is 25.1 Å². The number of likely N-dealkylation sites (tertiary alicyclic amines) is 1. The van der Waals surface area contributed by atoms with Gasteiger partial charge in [-0.3, -0.25) is 4.79 Å². The van der Waals surface area contributed by atoms with Gasteiger partial charge in [0.1, 0.15) is 0 Å². The van der Waals surface area contributed by atoms with Crippen LogP contribution in [-0.4, -0.2) is 54.9 Å². The number of piperidine rings is 1. The molecule has 1 aliphatic rings. The van der Waals surface area contributed by atoms with Crippen molar-refractivity contribution in [1.82, 2.24) is 29.9 Å². The minimum Gasteiger partial charge on any atom is -0.352 e. The van der Waals surface area contributed by atoms with Crippen LogP contribution in [0.5, 0.6) is 0 Å². The Labute approximate surface area is 192 Å². The van der Waals surface area contributed by atoms with Crippen molar-refractivity contribution < 1.29 is 18.0 Å². The van der Waals surface area contributed by atoms with Crippen LogP contribution in [0.2, 0.25) is 0 Å². The number of hydrogen-bond donors (Lipinski definition) is 1. The van der Waals surface area contributed by atoms with E-state index in [0.717, 1.165) is 5.57 Å². The number of nitriles is 1. The van der Waals surface area contributed by atoms with Gasteiger partial charge in [0.25, 0.3) is 5.91 Å². The highest BCUT2D eigenvalue weighted by Crippen LogP contribution is 2.29. The number of rotatable bonds is 5. The summed E-state index contributed by atoms with van der Waals surface area (Å²) in [6.07, 6.45) is 1.22. The molecule has 0 radical (unpaired) electrons. The van der Waals surface area contributed by atoms with Crippen LogP contribution in [0, 0.1) is 11.3 Å². The Balaban J connectivity index is 1.59. The largest absolute Gasteiger partial charge is 0.419 e. The minimum absolute atomic E-state index is 0.00619. The van der Waals surface area contributed by atoms with Gasteiger partial charge >= 0.3 is 6.18 Å². The molecular weight excluding hydrogens is 449 g/mol. The van der Waals surface area contributed by atoms with E-state index < -0.39 is 17.8 Å². The minimum atomic E-state index is -4.53. The van der Waals surface area contributed by atoms with Crippen LogP contribution >= 0.6 is 0 Å². The Morgan fingerprint density at radius 3 is 2.59 bits per heavy atom. The standard InChI is InChI=1S/C22H19F3N8O/c1-14-3-2-8-32(19(14)13-29-21-27-11-16(12-28-21)22(23,24)25)20(34)17-9-15(10-26)4-5-18(17)33-30-6-7-31-33/h4-7,9,11-12,19H,1-3,8,13H2,(H,27,28,29). The highest BCUT2D eigenvalue weighted by molar-refractivity contribution is 5.98. The molecule has 1 atom stereocenters. The summed E-state index contributed by atoms with van der Waals surface area (Å²) in [5.41, 5.74) is 0.815. The fraction of sp³-hybridized carbons (Fsp3) is 0.273. The Bertz CT molecular complexity index is 1230. The molecule has 0 saturated carbocycles. The van der Waals surface area contributed by atoms with Crippen LogP contribution in [0.15, 0.2) is 55.1 Å². The number of amides is 1. The molecule has 1 fully saturated rings. The van der Waals surface area contributed by atoms with Gasteiger partial charge in [-0.2, -0.15) is 33.4 Å². The molecule has 1 N–H and O–H groups in total. The summed E-state index contributed by atoms with van der Waals surface area (Å²) in [7, 11) is 0. The summed E-state index contributed by atoms with van der Waals surface area (Å²) in [5.74, 6) is -0.336. The third kappa shape index (κ3) is 4.73. The predicted molar refractivity (Wildman–Crippen MR) is 115 cm³/mol. The topological polar surface area (TPSA) is 113 Å². The lowest BCUT2D eigenvalue weighted by atomic mass is 9.95. The third-order valence-corrected chi connectivity index (χ3v) is 5.43. The molecule has 1 unspecified atom stereocenters. The molecule has 9 nitrogen and oxygen atoms in total. The maximum absolute atomic E-state index is 13.6. The average Bonchev–Trinajstić information content (AvgIpc) is 3.37. The van der Waals surface area contributed by atoms with Gasteiger partial charge < -0.3 is 10.2 Å². The number of hydrogen-bond acceptors (Lipinski definition) is 7. The molecule has 12 heteroatoms. The van der Waals surface area contributed by atoms with Crippen molar-refractivity contribution in [3.8, 4) is 11.8 Å². The molecule has 1 saturated heterocycles. The first-order valence-corrected chi connectivity index (χ1v) is 10.3. The molecule has 0 bridgehead atoms. The number of anilines is 1. The first-order chi connectivity index (χ1) is 16.3. The molecular formula is C22H19F3N8O. The molecule has 3 heterocycles. The summed E-state index contributed by atoms with van der Waals surface area (Å²) in [6.45, 7) is 4.67. The SMILES string of the molecule is C=C1CCCN(C(=O)c2cc(C#N)ccc2-n2nccn2)C1CNc1ncc(C(F)(F)F)cn1. The number of nitrogens with one attached hydrogen (secondary N) is 1. The number of halogens is 3. The van der Waals surface area contributed by atoms with E-state index >= 15 is 0 Å². The predicted octanol–water partition coefficient (Wildman–Crippen LogP) is 3.22. The molecule has 3 aromatic rings. The fourth-order valence-corrected chi connectivity index (χ4v) is 3.72. The second-order valence-corrected chi connectivity index (χ2v) is 7.61. The smallest absolute Gasteiger partial charge is 0.352 e. The first kappa shape index (κ1) is 22.9. The molecule has 4 rings (SSSR count). The van der Waals surface area contributed by atoms with E-state index in [-0.39, 0.29) is 24.0 Å². The van der Waals surface area contributed by atoms with Crippen molar-refractivity contribution in [3.63, 3.8) is 0 Å². The zero-order valence-electron chi connectivity index (χ0n) is 17.8. The van der Waals surface area contributed by atoms with Crippen molar-refractivity contribution >= 4 is 11.9 Å². The number of benzene rings is 1. The Kier molecular flexibility index (Phi) is 6.27. The summed E-state index contributed by atoms with van der Waals surface area (Å²) in [5, 5.41) is 20.4. The number of nitrogens with zero attached hydrogens (tertiary/aromatic N) is 7. The van der Waals surface area contributed by atoms with Gasteiger partial charge in [0.2, 0.25) is 5.95 Å². The van der Waals surface area contributed by atoms with Gasteiger partial charge in [0.05, 0.1) is 46.9 Å². The van der Waals surface area contributed by atoms with E-state index in [9.17, 15) is 23.2 Å². The number of carbonyl (C=O) groups is 1. The van der Waals surface area contributed by atoms with Crippen molar-refractivity contribution in [1.29, 1.82) is 5.26 Å². The zero-order chi connectivity index (χ0) is 24.3. The lowest BCUT2D eigenvalue weighted by Gasteiger charge is -2.37. The van der Waals surface area contributed by atoms with Crippen molar-refractivity contribution in [2.24, 2.45) is 0 Å². The van der Waals surface area contributed by atoms with E-state index in [1.807, 2.05) is 6.07 Å². The van der Waals surface area contributed by atoms with Crippen LogP contribution in [0.4, 0.5) is 19.1 Å². The van der Waals surface area contributed by atoms with Crippen LogP contribution < -0.4 is 5.32 Å². The van der Waals surface area contributed by atoms with Crippen molar-refractivity contribution in [2.75, 3.05) is 18.4 Å². The second-order valence-electron chi connectivity index (χ2n) is 7.61. The van der Waals surface area contributed by atoms with Gasteiger partial charge in [-0.15, -0.1) is 0 Å². The lowest BCUT2D eigenvalue weighted by molar-refractivity contribution is -0.138. The monoisotopic (exact) mass is 468 g/mol. The zero-order valence-corrected chi connectivity index (χ0v) is 17.8. The van der Waals surface area contributed by atoms with Crippen LogP contribution in [0.1, 0.15) is 34.3 Å². The van der Waals surface area contributed by atoms with Crippen LogP contribution in [0.3, 0.4) is 0 Å². The normalized spacial score (nSPS) is 16.2. The van der Waals surface area contributed by atoms with E-state index in [4.69, 9.17) is 0 Å². The Morgan fingerprint density at radius 2 is 1.94 bits per heavy atom. The van der Waals surface area contributed by atoms with Crippen LogP contribution in [0.25, 0.3) is 5.69 Å². The Morgan fingerprint density at radius 1 is 1.24 bits per heavy atom. The maximum Gasteiger partial charge on any atom is 0.419 e. The highest BCUT2D eigenvalue weighted by Gasteiger charge is 2.33. The fourth-order valence-electron chi connectivity index (χ4n) is 3.72. The second kappa shape index (κ2) is 9.30. The summed E-state index contributed by atoms with van der Waals surface area (Å²) in [6, 6.07) is 6.24. The molecule has 0 spiro atoms. The quantitative estimate of drug-likeness (QED) is 0.572. The van der Waals surface area contributed by atoms with E-state index in [1.165, 1.54) is 23.3 Å². The molecule has 0 aliphatic carbocycles. The number of alkyl halides is 3. The molecule has 2 aromatic heterocycles. The van der Waals surface area contributed by atoms with E-state index in [1.54, 1.807) is 17.0 Å². The third-order valence-electron chi connectivity index (χ3n) is 5.43. The van der Waals surface area contributed by atoms with Gasteiger partial charge in [-0.25, -0.2) is 9.97 Å². The molecule has 1 amide bonds. The van der Waals surface area contributed by atoms with E-state index in [0.29, 0.717) is 43.0 Å². The van der Waals surface area contributed by atoms with Crippen LogP contribution in [-0.2, 0) is 6.18 Å². The Hall–Kier alpha value is -4.27. The van der Waals surface area contributed by atoms with Gasteiger partial charge in [-0.05, 0) is 31.0 Å². The summed E-state index contributed by atoms with van der Waals surface area (Å²) in [4.78, 5) is 24.0. The summed E-state index contributed by atoms with van der Waals surface area (Å²) >= 11 is 0. The van der Waals surface area contributed by atoms with Gasteiger partial charge in [-0.1, -0.05) is 12.2 Å². The molecule has 34 heavy (non-hydrogen) atoms. The number of aromatic nitrogens is 5. The van der Waals surface area contributed by atoms with Gasteiger partial charge in [0.15, 0.2) is 0 Å². The van der Waals surface area contributed by atoms with Crippen molar-refractivity contribution in [3.05, 3.63) is 71.8 Å².